The van der Waals surface area contributed by atoms with Crippen LogP contribution in [0.3, 0.4) is 0 Å². The first-order valence-corrected chi connectivity index (χ1v) is 5.96. The second-order valence-corrected chi connectivity index (χ2v) is 4.21. The molecule has 1 heterocycles. The zero-order valence-corrected chi connectivity index (χ0v) is 10.3. The molecule has 90 valence electrons. The number of nitrogens with zero attached hydrogens (tertiary/aromatic N) is 2. The molecule has 1 N–H and O–H groups in total. The van der Waals surface area contributed by atoms with Crippen molar-refractivity contribution < 1.29 is 5.11 Å². The van der Waals surface area contributed by atoms with Crippen LogP contribution in [-0.2, 0) is 13.0 Å². The van der Waals surface area contributed by atoms with Crippen molar-refractivity contribution in [1.82, 2.24) is 9.55 Å². The molecule has 2 aromatic rings. The topological polar surface area (TPSA) is 38.0 Å². The number of imidazole rings is 1. The normalized spacial score (nSPS) is 12.6. The lowest BCUT2D eigenvalue weighted by Gasteiger charge is -2.14. The van der Waals surface area contributed by atoms with Gasteiger partial charge in [-0.25, -0.2) is 4.98 Å². The van der Waals surface area contributed by atoms with Gasteiger partial charge in [-0.1, -0.05) is 24.3 Å². The van der Waals surface area contributed by atoms with Crippen LogP contribution in [0.1, 0.15) is 30.0 Å². The Morgan fingerprint density at radius 2 is 2.12 bits per heavy atom. The van der Waals surface area contributed by atoms with Crippen molar-refractivity contribution in [2.24, 2.45) is 0 Å². The summed E-state index contributed by atoms with van der Waals surface area (Å²) < 4.78 is 2.06. The van der Waals surface area contributed by atoms with Crippen molar-refractivity contribution >= 4 is 0 Å². The van der Waals surface area contributed by atoms with Crippen LogP contribution in [-0.4, -0.2) is 14.7 Å². The second kappa shape index (κ2) is 5.15. The van der Waals surface area contributed by atoms with Gasteiger partial charge in [-0.3, -0.25) is 0 Å². The van der Waals surface area contributed by atoms with Crippen LogP contribution in [0.25, 0.3) is 0 Å². The fraction of sp³-hybridized carbons (Fsp3) is 0.357. The molecule has 2 rings (SSSR count). The molecule has 0 spiro atoms. The number of hydrogen-bond acceptors (Lipinski definition) is 2. The van der Waals surface area contributed by atoms with Gasteiger partial charge in [0.15, 0.2) is 0 Å². The fourth-order valence-electron chi connectivity index (χ4n) is 2.06. The highest BCUT2D eigenvalue weighted by atomic mass is 16.3. The molecule has 0 bridgehead atoms. The molecule has 0 saturated heterocycles. The van der Waals surface area contributed by atoms with Crippen molar-refractivity contribution in [3.05, 3.63) is 53.6 Å². The Balaban J connectivity index is 2.17. The zero-order chi connectivity index (χ0) is 12.3. The monoisotopic (exact) mass is 230 g/mol. The molecule has 0 aliphatic carbocycles. The Bertz CT molecular complexity index is 490. The molecule has 0 fully saturated rings. The van der Waals surface area contributed by atoms with E-state index in [1.807, 2.05) is 37.4 Å². The predicted molar refractivity (Wildman–Crippen MR) is 67.7 cm³/mol. The molecule has 0 amide bonds. The minimum absolute atomic E-state index is 0.483. The Morgan fingerprint density at radius 3 is 2.82 bits per heavy atom. The van der Waals surface area contributed by atoms with Crippen molar-refractivity contribution in [2.75, 3.05) is 0 Å². The summed E-state index contributed by atoms with van der Waals surface area (Å²) in [6.45, 7) is 4.98. The summed E-state index contributed by atoms with van der Waals surface area (Å²) in [5, 5.41) is 10.2. The average Bonchev–Trinajstić information content (AvgIpc) is 2.76. The van der Waals surface area contributed by atoms with Gasteiger partial charge >= 0.3 is 0 Å². The van der Waals surface area contributed by atoms with Crippen molar-refractivity contribution in [2.45, 2.75) is 32.9 Å². The smallest absolute Gasteiger partial charge is 0.111 e. The lowest BCUT2D eigenvalue weighted by molar-refractivity contribution is 0.174. The minimum Gasteiger partial charge on any atom is -0.388 e. The Hall–Kier alpha value is -1.61. The van der Waals surface area contributed by atoms with Crippen molar-refractivity contribution in [3.63, 3.8) is 0 Å². The molecular weight excluding hydrogens is 212 g/mol. The molecule has 3 nitrogen and oxygen atoms in total. The van der Waals surface area contributed by atoms with Crippen LogP contribution < -0.4 is 0 Å². The van der Waals surface area contributed by atoms with Crippen LogP contribution in [0.5, 0.6) is 0 Å². The number of aliphatic hydroxyl groups is 1. The van der Waals surface area contributed by atoms with Crippen molar-refractivity contribution in [3.8, 4) is 0 Å². The Kier molecular flexibility index (Phi) is 3.59. The van der Waals surface area contributed by atoms with E-state index in [1.165, 1.54) is 0 Å². The molecule has 1 atom stereocenters. The number of aryl methyl sites for hydroxylation is 2. The molecule has 0 aliphatic rings. The maximum Gasteiger partial charge on any atom is 0.111 e. The van der Waals surface area contributed by atoms with Gasteiger partial charge in [0.2, 0.25) is 0 Å². The molecule has 0 radical (unpaired) electrons. The number of benzene rings is 1. The van der Waals surface area contributed by atoms with Crippen LogP contribution >= 0.6 is 0 Å². The first-order chi connectivity index (χ1) is 8.22. The number of rotatable bonds is 4. The number of hydrogen-bond donors (Lipinski definition) is 1. The SMILES string of the molecule is CCn1ccnc1CC(O)c1ccccc1C. The van der Waals surface area contributed by atoms with Gasteiger partial charge in [-0.05, 0) is 25.0 Å². The van der Waals surface area contributed by atoms with Gasteiger partial charge in [-0.2, -0.15) is 0 Å². The largest absolute Gasteiger partial charge is 0.388 e. The molecule has 1 aromatic carbocycles. The highest BCUT2D eigenvalue weighted by molar-refractivity contribution is 5.28. The highest BCUT2D eigenvalue weighted by Gasteiger charge is 2.13. The Morgan fingerprint density at radius 1 is 1.35 bits per heavy atom. The summed E-state index contributed by atoms with van der Waals surface area (Å²) in [6.07, 6.45) is 3.80. The quantitative estimate of drug-likeness (QED) is 0.876. The molecule has 1 aromatic heterocycles. The van der Waals surface area contributed by atoms with Crippen LogP contribution in [0.15, 0.2) is 36.7 Å². The van der Waals surface area contributed by atoms with E-state index in [1.54, 1.807) is 6.20 Å². The summed E-state index contributed by atoms with van der Waals surface area (Å²) in [6, 6.07) is 7.93. The third-order valence-electron chi connectivity index (χ3n) is 3.07. The third kappa shape index (κ3) is 2.56. The van der Waals surface area contributed by atoms with Gasteiger partial charge < -0.3 is 9.67 Å². The fourth-order valence-corrected chi connectivity index (χ4v) is 2.06. The molecule has 17 heavy (non-hydrogen) atoms. The summed E-state index contributed by atoms with van der Waals surface area (Å²) in [5.74, 6) is 0.934. The van der Waals surface area contributed by atoms with Gasteiger partial charge in [0, 0.05) is 25.4 Å². The number of aliphatic hydroxyl groups excluding tert-OH is 1. The highest BCUT2D eigenvalue weighted by Crippen LogP contribution is 2.20. The summed E-state index contributed by atoms with van der Waals surface area (Å²) in [7, 11) is 0. The maximum absolute atomic E-state index is 10.2. The van der Waals surface area contributed by atoms with E-state index in [4.69, 9.17) is 0 Å². The van der Waals surface area contributed by atoms with E-state index in [0.29, 0.717) is 6.42 Å². The molecule has 0 saturated carbocycles. The van der Waals surface area contributed by atoms with Crippen LogP contribution in [0.4, 0.5) is 0 Å². The number of aromatic nitrogens is 2. The lowest BCUT2D eigenvalue weighted by atomic mass is 10.0. The lowest BCUT2D eigenvalue weighted by Crippen LogP contribution is -2.09. The van der Waals surface area contributed by atoms with Gasteiger partial charge in [0.1, 0.15) is 5.82 Å². The van der Waals surface area contributed by atoms with E-state index >= 15 is 0 Å². The summed E-state index contributed by atoms with van der Waals surface area (Å²) in [5.41, 5.74) is 2.10. The minimum atomic E-state index is -0.483. The Labute approximate surface area is 102 Å². The zero-order valence-electron chi connectivity index (χ0n) is 10.3. The summed E-state index contributed by atoms with van der Waals surface area (Å²) >= 11 is 0. The van der Waals surface area contributed by atoms with E-state index in [-0.39, 0.29) is 0 Å². The first kappa shape index (κ1) is 11.9. The maximum atomic E-state index is 10.2. The molecule has 0 aliphatic heterocycles. The van der Waals surface area contributed by atoms with E-state index < -0.39 is 6.10 Å². The molecule has 3 heteroatoms. The van der Waals surface area contributed by atoms with Crippen LogP contribution in [0, 0.1) is 6.92 Å². The average molecular weight is 230 g/mol. The molecule has 1 unspecified atom stereocenters. The van der Waals surface area contributed by atoms with E-state index in [0.717, 1.165) is 23.5 Å². The van der Waals surface area contributed by atoms with Gasteiger partial charge in [-0.15, -0.1) is 0 Å². The van der Waals surface area contributed by atoms with Crippen LogP contribution in [0.2, 0.25) is 0 Å². The van der Waals surface area contributed by atoms with Crippen molar-refractivity contribution in [1.29, 1.82) is 0 Å². The standard InChI is InChI=1S/C14H18N2O/c1-3-16-9-8-15-14(16)10-13(17)12-7-5-4-6-11(12)2/h4-9,13,17H,3,10H2,1-2H3. The first-order valence-electron chi connectivity index (χ1n) is 5.96. The molecular formula is C14H18N2O. The third-order valence-corrected chi connectivity index (χ3v) is 3.07. The van der Waals surface area contributed by atoms with E-state index in [9.17, 15) is 5.11 Å². The second-order valence-electron chi connectivity index (χ2n) is 4.21. The summed E-state index contributed by atoms with van der Waals surface area (Å²) in [4.78, 5) is 4.29. The predicted octanol–water partition coefficient (Wildman–Crippen LogP) is 2.49. The van der Waals surface area contributed by atoms with Gasteiger partial charge in [0.25, 0.3) is 0 Å². The van der Waals surface area contributed by atoms with Gasteiger partial charge in [0.05, 0.1) is 6.10 Å². The van der Waals surface area contributed by atoms with E-state index in [2.05, 4.69) is 16.5 Å².